The number of aryl methyl sites for hydroxylation is 1. The molecule has 8 nitrogen and oxygen atoms in total. The molecular formula is C13H19N7O. The van der Waals surface area contributed by atoms with Crippen LogP contribution in [0.5, 0.6) is 0 Å². The van der Waals surface area contributed by atoms with Crippen molar-refractivity contribution in [2.45, 2.75) is 26.2 Å². The first-order valence-electron chi connectivity index (χ1n) is 6.72. The molecule has 0 atom stereocenters. The number of nitrogens with two attached hydrogens (primary N) is 1. The Kier molecular flexibility index (Phi) is 4.46. The zero-order valence-electron chi connectivity index (χ0n) is 12.4. The van der Waals surface area contributed by atoms with Gasteiger partial charge in [-0.05, 0) is 0 Å². The number of rotatable bonds is 5. The molecule has 0 aliphatic carbocycles. The lowest BCUT2D eigenvalue weighted by atomic mass is 10.2. The van der Waals surface area contributed by atoms with Gasteiger partial charge in [-0.15, -0.1) is 0 Å². The Morgan fingerprint density at radius 2 is 2.19 bits per heavy atom. The second-order valence-corrected chi connectivity index (χ2v) is 5.03. The van der Waals surface area contributed by atoms with E-state index in [1.807, 2.05) is 13.8 Å². The van der Waals surface area contributed by atoms with Crippen LogP contribution < -0.4 is 11.1 Å². The van der Waals surface area contributed by atoms with Crippen molar-refractivity contribution < 1.29 is 4.79 Å². The lowest BCUT2D eigenvalue weighted by molar-refractivity contribution is 0.0949. The highest BCUT2D eigenvalue weighted by Gasteiger charge is 2.14. The van der Waals surface area contributed by atoms with Crippen LogP contribution in [0.1, 0.15) is 41.9 Å². The number of amides is 1. The summed E-state index contributed by atoms with van der Waals surface area (Å²) in [5.41, 5.74) is 6.24. The fourth-order valence-corrected chi connectivity index (χ4v) is 1.73. The lowest BCUT2D eigenvalue weighted by Gasteiger charge is -2.09. The largest absolute Gasteiger partial charge is 0.396 e. The summed E-state index contributed by atoms with van der Waals surface area (Å²) in [4.78, 5) is 24.5. The van der Waals surface area contributed by atoms with Crippen LogP contribution in [0.3, 0.4) is 0 Å². The Labute approximate surface area is 122 Å². The van der Waals surface area contributed by atoms with Crippen molar-refractivity contribution in [3.63, 3.8) is 0 Å². The van der Waals surface area contributed by atoms with Crippen molar-refractivity contribution in [1.29, 1.82) is 0 Å². The second kappa shape index (κ2) is 6.29. The smallest absolute Gasteiger partial charge is 0.272 e. The van der Waals surface area contributed by atoms with E-state index >= 15 is 0 Å². The number of nitrogens with one attached hydrogen (secondary N) is 1. The van der Waals surface area contributed by atoms with Crippen LogP contribution in [0.4, 0.5) is 5.69 Å². The molecule has 2 rings (SSSR count). The summed E-state index contributed by atoms with van der Waals surface area (Å²) in [6.07, 6.45) is 3.64. The van der Waals surface area contributed by atoms with Gasteiger partial charge in [-0.25, -0.2) is 15.0 Å². The van der Waals surface area contributed by atoms with Gasteiger partial charge in [0.1, 0.15) is 12.2 Å². The van der Waals surface area contributed by atoms with E-state index in [9.17, 15) is 4.79 Å². The van der Waals surface area contributed by atoms with Crippen molar-refractivity contribution in [3.05, 3.63) is 29.9 Å². The SMILES string of the molecule is CC(C)c1ncc(N)c(C(=O)NCCc2ncn(C)n2)n1. The van der Waals surface area contributed by atoms with Gasteiger partial charge in [-0.2, -0.15) is 5.10 Å². The summed E-state index contributed by atoms with van der Waals surface area (Å²) < 4.78 is 1.62. The number of hydrogen-bond acceptors (Lipinski definition) is 6. The van der Waals surface area contributed by atoms with Crippen molar-refractivity contribution in [3.8, 4) is 0 Å². The van der Waals surface area contributed by atoms with Crippen molar-refractivity contribution in [2.24, 2.45) is 7.05 Å². The third-order valence-electron chi connectivity index (χ3n) is 2.85. The van der Waals surface area contributed by atoms with Gasteiger partial charge in [0.2, 0.25) is 0 Å². The van der Waals surface area contributed by atoms with Gasteiger partial charge in [-0.3, -0.25) is 9.48 Å². The van der Waals surface area contributed by atoms with Crippen LogP contribution in [0, 0.1) is 0 Å². The minimum Gasteiger partial charge on any atom is -0.396 e. The van der Waals surface area contributed by atoms with E-state index < -0.39 is 0 Å². The minimum absolute atomic E-state index is 0.134. The molecule has 0 aliphatic heterocycles. The Balaban J connectivity index is 1.98. The van der Waals surface area contributed by atoms with Gasteiger partial charge < -0.3 is 11.1 Å². The van der Waals surface area contributed by atoms with Crippen LogP contribution in [0.15, 0.2) is 12.5 Å². The predicted octanol–water partition coefficient (Wildman–Crippen LogP) is 0.283. The molecule has 0 saturated carbocycles. The molecule has 2 aromatic heterocycles. The zero-order chi connectivity index (χ0) is 15.4. The second-order valence-electron chi connectivity index (χ2n) is 5.03. The highest BCUT2D eigenvalue weighted by molar-refractivity contribution is 5.96. The third-order valence-corrected chi connectivity index (χ3v) is 2.85. The van der Waals surface area contributed by atoms with Crippen LogP contribution in [-0.2, 0) is 13.5 Å². The van der Waals surface area contributed by atoms with E-state index in [0.717, 1.165) is 0 Å². The Morgan fingerprint density at radius 3 is 2.81 bits per heavy atom. The van der Waals surface area contributed by atoms with E-state index in [1.54, 1.807) is 18.1 Å². The number of carbonyl (C=O) groups excluding carboxylic acids is 1. The van der Waals surface area contributed by atoms with Crippen molar-refractivity contribution >= 4 is 11.6 Å². The van der Waals surface area contributed by atoms with Crippen LogP contribution in [-0.4, -0.2) is 37.2 Å². The molecule has 0 fully saturated rings. The predicted molar refractivity (Wildman–Crippen MR) is 77.6 cm³/mol. The first kappa shape index (κ1) is 14.9. The van der Waals surface area contributed by atoms with Gasteiger partial charge in [0.25, 0.3) is 5.91 Å². The highest BCUT2D eigenvalue weighted by atomic mass is 16.1. The molecule has 0 unspecified atom stereocenters. The van der Waals surface area contributed by atoms with Gasteiger partial charge in [0, 0.05) is 25.9 Å². The summed E-state index contributed by atoms with van der Waals surface area (Å²) >= 11 is 0. The topological polar surface area (TPSA) is 112 Å². The first-order chi connectivity index (χ1) is 9.97. The Morgan fingerprint density at radius 1 is 1.43 bits per heavy atom. The molecule has 0 aliphatic rings. The maximum absolute atomic E-state index is 12.1. The summed E-state index contributed by atoms with van der Waals surface area (Å²) in [6.45, 7) is 4.34. The molecule has 0 spiro atoms. The molecule has 0 saturated heterocycles. The number of hydrogen-bond donors (Lipinski definition) is 2. The average molecular weight is 289 g/mol. The molecule has 0 bridgehead atoms. The van der Waals surface area contributed by atoms with Gasteiger partial charge >= 0.3 is 0 Å². The van der Waals surface area contributed by atoms with E-state index in [0.29, 0.717) is 24.6 Å². The lowest BCUT2D eigenvalue weighted by Crippen LogP contribution is -2.28. The fraction of sp³-hybridized carbons (Fsp3) is 0.462. The number of anilines is 1. The van der Waals surface area contributed by atoms with Crippen molar-refractivity contribution in [2.75, 3.05) is 12.3 Å². The Bertz CT molecular complexity index is 635. The van der Waals surface area contributed by atoms with E-state index in [4.69, 9.17) is 5.73 Å². The number of nitrogen functional groups attached to an aromatic ring is 1. The van der Waals surface area contributed by atoms with E-state index in [1.165, 1.54) is 6.20 Å². The zero-order valence-corrected chi connectivity index (χ0v) is 12.4. The minimum atomic E-state index is -0.312. The fourth-order valence-electron chi connectivity index (χ4n) is 1.73. The Hall–Kier alpha value is -2.51. The number of aromatic nitrogens is 5. The molecule has 8 heteroatoms. The van der Waals surface area contributed by atoms with Gasteiger partial charge in [-0.1, -0.05) is 13.8 Å². The average Bonchev–Trinajstić information content (AvgIpc) is 2.84. The van der Waals surface area contributed by atoms with E-state index in [2.05, 4.69) is 25.4 Å². The highest BCUT2D eigenvalue weighted by Crippen LogP contribution is 2.13. The van der Waals surface area contributed by atoms with Crippen LogP contribution in [0.25, 0.3) is 0 Å². The molecule has 3 N–H and O–H groups in total. The molecule has 2 aromatic rings. The molecule has 2 heterocycles. The summed E-state index contributed by atoms with van der Waals surface area (Å²) in [6, 6.07) is 0. The molecule has 0 aromatic carbocycles. The van der Waals surface area contributed by atoms with Crippen LogP contribution in [0.2, 0.25) is 0 Å². The van der Waals surface area contributed by atoms with Gasteiger partial charge in [0.05, 0.1) is 11.9 Å². The molecule has 1 amide bonds. The van der Waals surface area contributed by atoms with Crippen LogP contribution >= 0.6 is 0 Å². The van der Waals surface area contributed by atoms with Crippen molar-refractivity contribution in [1.82, 2.24) is 30.0 Å². The maximum Gasteiger partial charge on any atom is 0.272 e. The monoisotopic (exact) mass is 289 g/mol. The molecule has 0 radical (unpaired) electrons. The number of nitrogens with zero attached hydrogens (tertiary/aromatic N) is 5. The maximum atomic E-state index is 12.1. The third kappa shape index (κ3) is 3.74. The standard InChI is InChI=1S/C13H19N7O/c1-8(2)12-16-6-9(14)11(18-12)13(21)15-5-4-10-17-7-20(3)19-10/h6-8H,4-5,14H2,1-3H3,(H,15,21). The summed E-state index contributed by atoms with van der Waals surface area (Å²) in [5.74, 6) is 1.10. The molecule has 21 heavy (non-hydrogen) atoms. The quantitative estimate of drug-likeness (QED) is 0.818. The number of carbonyl (C=O) groups is 1. The summed E-state index contributed by atoms with van der Waals surface area (Å²) in [7, 11) is 1.80. The van der Waals surface area contributed by atoms with E-state index in [-0.39, 0.29) is 23.2 Å². The normalized spacial score (nSPS) is 10.9. The molecule has 112 valence electrons. The summed E-state index contributed by atoms with van der Waals surface area (Å²) in [5, 5.41) is 6.90. The molecular weight excluding hydrogens is 270 g/mol. The van der Waals surface area contributed by atoms with Gasteiger partial charge in [0.15, 0.2) is 11.5 Å². The first-order valence-corrected chi connectivity index (χ1v) is 6.72.